The lowest BCUT2D eigenvalue weighted by atomic mass is 10.1. The van der Waals surface area contributed by atoms with E-state index in [9.17, 15) is 0 Å². The molecule has 0 N–H and O–H groups in total. The average molecular weight is 321 g/mol. The van der Waals surface area contributed by atoms with Gasteiger partial charge in [-0.2, -0.15) is 11.8 Å². The Kier molecular flexibility index (Phi) is 5.11. The van der Waals surface area contributed by atoms with Gasteiger partial charge in [0, 0.05) is 24.1 Å². The Hall–Kier alpha value is -1.11. The van der Waals surface area contributed by atoms with Crippen molar-refractivity contribution in [1.82, 2.24) is 15.1 Å². The smallest absolute Gasteiger partial charge is 0.294 e. The highest BCUT2D eigenvalue weighted by Gasteiger charge is 2.25. The topological polar surface area (TPSA) is 38.3 Å². The molecule has 0 amide bonds. The van der Waals surface area contributed by atoms with Gasteiger partial charge < -0.3 is 4.74 Å². The van der Waals surface area contributed by atoms with Crippen molar-refractivity contribution in [3.63, 3.8) is 0 Å². The summed E-state index contributed by atoms with van der Waals surface area (Å²) < 4.78 is 5.41. The molecule has 0 unspecified atom stereocenters. The number of benzene rings is 1. The van der Waals surface area contributed by atoms with Crippen LogP contribution in [0.1, 0.15) is 23.5 Å². The summed E-state index contributed by atoms with van der Waals surface area (Å²) in [5.41, 5.74) is 1.39. The molecule has 6 heteroatoms. The second-order valence-corrected chi connectivity index (χ2v) is 7.04. The van der Waals surface area contributed by atoms with E-state index in [2.05, 4.69) is 45.4 Å². The monoisotopic (exact) mass is 321 g/mol. The molecule has 2 aromatic rings. The third-order valence-corrected chi connectivity index (χ3v) is 5.32. The average Bonchev–Trinajstić information content (AvgIpc) is 2.96. The third-order valence-electron chi connectivity index (χ3n) is 3.48. The SMILES string of the molecule is CCOc1nnc(CN2CCSC[C@H]2c2ccccc2)s1. The first kappa shape index (κ1) is 14.8. The van der Waals surface area contributed by atoms with Gasteiger partial charge in [0.15, 0.2) is 0 Å². The maximum absolute atomic E-state index is 5.41. The minimum absolute atomic E-state index is 0.462. The van der Waals surface area contributed by atoms with E-state index in [1.165, 1.54) is 11.3 Å². The lowest BCUT2D eigenvalue weighted by Gasteiger charge is -2.35. The minimum Gasteiger partial charge on any atom is -0.469 e. The number of thioether (sulfide) groups is 1. The van der Waals surface area contributed by atoms with E-state index in [-0.39, 0.29) is 0 Å². The summed E-state index contributed by atoms with van der Waals surface area (Å²) in [5.74, 6) is 2.32. The first-order chi connectivity index (χ1) is 10.4. The van der Waals surface area contributed by atoms with Gasteiger partial charge in [0.1, 0.15) is 5.01 Å². The van der Waals surface area contributed by atoms with E-state index in [1.54, 1.807) is 11.3 Å². The quantitative estimate of drug-likeness (QED) is 0.845. The Bertz CT molecular complexity index is 561. The van der Waals surface area contributed by atoms with Crippen LogP contribution in [-0.4, -0.2) is 39.8 Å². The molecule has 0 spiro atoms. The molecule has 21 heavy (non-hydrogen) atoms. The molecular formula is C15H19N3OS2. The molecule has 2 heterocycles. The van der Waals surface area contributed by atoms with Crippen LogP contribution >= 0.6 is 23.1 Å². The van der Waals surface area contributed by atoms with Crippen LogP contribution in [0.25, 0.3) is 0 Å². The molecular weight excluding hydrogens is 302 g/mol. The summed E-state index contributed by atoms with van der Waals surface area (Å²) in [7, 11) is 0. The number of nitrogens with zero attached hydrogens (tertiary/aromatic N) is 3. The van der Waals surface area contributed by atoms with Crippen LogP contribution < -0.4 is 4.74 Å². The van der Waals surface area contributed by atoms with E-state index in [4.69, 9.17) is 4.74 Å². The molecule has 112 valence electrons. The molecule has 1 aliphatic rings. The van der Waals surface area contributed by atoms with Gasteiger partial charge in [-0.15, -0.1) is 10.2 Å². The normalized spacial score (nSPS) is 19.6. The van der Waals surface area contributed by atoms with Crippen molar-refractivity contribution in [2.45, 2.75) is 19.5 Å². The van der Waals surface area contributed by atoms with Gasteiger partial charge in [-0.05, 0) is 12.5 Å². The fourth-order valence-electron chi connectivity index (χ4n) is 2.47. The van der Waals surface area contributed by atoms with Crippen LogP contribution in [0.5, 0.6) is 5.19 Å². The largest absolute Gasteiger partial charge is 0.469 e. The lowest BCUT2D eigenvalue weighted by molar-refractivity contribution is 0.211. The molecule has 0 aliphatic carbocycles. The number of rotatable bonds is 5. The number of aromatic nitrogens is 2. The maximum atomic E-state index is 5.41. The molecule has 1 aromatic heterocycles. The first-order valence-electron chi connectivity index (χ1n) is 7.18. The number of ether oxygens (including phenoxy) is 1. The molecule has 1 aromatic carbocycles. The van der Waals surface area contributed by atoms with Crippen molar-refractivity contribution >= 4 is 23.1 Å². The van der Waals surface area contributed by atoms with Gasteiger partial charge in [-0.3, -0.25) is 4.90 Å². The first-order valence-corrected chi connectivity index (χ1v) is 9.16. The van der Waals surface area contributed by atoms with Crippen molar-refractivity contribution in [3.8, 4) is 5.19 Å². The zero-order valence-electron chi connectivity index (χ0n) is 12.1. The standard InChI is InChI=1S/C15H19N3OS2/c1-2-19-15-17-16-14(21-15)10-18-8-9-20-11-13(18)12-6-4-3-5-7-12/h3-7,13H,2,8-11H2,1H3/t13-/m0/s1. The zero-order valence-corrected chi connectivity index (χ0v) is 13.7. The highest BCUT2D eigenvalue weighted by molar-refractivity contribution is 7.99. The predicted molar refractivity (Wildman–Crippen MR) is 88.0 cm³/mol. The van der Waals surface area contributed by atoms with E-state index in [1.807, 2.05) is 18.7 Å². The molecule has 1 aliphatic heterocycles. The Labute approximate surface area is 133 Å². The minimum atomic E-state index is 0.462. The molecule has 0 saturated carbocycles. The van der Waals surface area contributed by atoms with Crippen molar-refractivity contribution in [2.24, 2.45) is 0 Å². The molecule has 3 rings (SSSR count). The van der Waals surface area contributed by atoms with Crippen LogP contribution in [-0.2, 0) is 6.54 Å². The van der Waals surface area contributed by atoms with Crippen LogP contribution in [0.15, 0.2) is 30.3 Å². The molecule has 1 atom stereocenters. The van der Waals surface area contributed by atoms with Gasteiger partial charge in [0.25, 0.3) is 5.19 Å². The lowest BCUT2D eigenvalue weighted by Crippen LogP contribution is -2.35. The van der Waals surface area contributed by atoms with Crippen LogP contribution in [0.4, 0.5) is 0 Å². The summed E-state index contributed by atoms with van der Waals surface area (Å²) in [6.45, 7) is 4.55. The fraction of sp³-hybridized carbons (Fsp3) is 0.467. The summed E-state index contributed by atoms with van der Waals surface area (Å²) >= 11 is 3.58. The van der Waals surface area contributed by atoms with Crippen LogP contribution in [0, 0.1) is 0 Å². The molecule has 4 nitrogen and oxygen atoms in total. The predicted octanol–water partition coefficient (Wildman–Crippen LogP) is 3.23. The molecule has 0 bridgehead atoms. The summed E-state index contributed by atoms with van der Waals surface area (Å²) in [4.78, 5) is 2.50. The fourth-order valence-corrected chi connectivity index (χ4v) is 4.40. The van der Waals surface area contributed by atoms with Crippen molar-refractivity contribution < 1.29 is 4.74 Å². The van der Waals surface area contributed by atoms with Crippen molar-refractivity contribution in [1.29, 1.82) is 0 Å². The zero-order chi connectivity index (χ0) is 14.5. The Balaban J connectivity index is 1.72. The second kappa shape index (κ2) is 7.24. The van der Waals surface area contributed by atoms with Crippen molar-refractivity contribution in [3.05, 3.63) is 40.9 Å². The third kappa shape index (κ3) is 3.75. The van der Waals surface area contributed by atoms with Gasteiger partial charge >= 0.3 is 0 Å². The molecule has 0 radical (unpaired) electrons. The van der Waals surface area contributed by atoms with Crippen LogP contribution in [0.2, 0.25) is 0 Å². The van der Waals surface area contributed by atoms with Crippen LogP contribution in [0.3, 0.4) is 0 Å². The van der Waals surface area contributed by atoms with Gasteiger partial charge in [-0.25, -0.2) is 0 Å². The second-order valence-electron chi connectivity index (χ2n) is 4.87. The van der Waals surface area contributed by atoms with E-state index < -0.39 is 0 Å². The van der Waals surface area contributed by atoms with E-state index in [0.29, 0.717) is 17.8 Å². The number of hydrogen-bond acceptors (Lipinski definition) is 6. The van der Waals surface area contributed by atoms with Gasteiger partial charge in [-0.1, -0.05) is 41.7 Å². The Morgan fingerprint density at radius 2 is 2.14 bits per heavy atom. The summed E-state index contributed by atoms with van der Waals surface area (Å²) in [5, 5.41) is 10.0. The number of hydrogen-bond donors (Lipinski definition) is 0. The summed E-state index contributed by atoms with van der Waals surface area (Å²) in [6, 6.07) is 11.2. The Morgan fingerprint density at radius 3 is 2.95 bits per heavy atom. The van der Waals surface area contributed by atoms with E-state index in [0.717, 1.165) is 23.8 Å². The Morgan fingerprint density at radius 1 is 1.29 bits per heavy atom. The van der Waals surface area contributed by atoms with E-state index >= 15 is 0 Å². The summed E-state index contributed by atoms with van der Waals surface area (Å²) in [6.07, 6.45) is 0. The van der Waals surface area contributed by atoms with Gasteiger partial charge in [0.05, 0.1) is 13.2 Å². The molecule has 1 saturated heterocycles. The maximum Gasteiger partial charge on any atom is 0.294 e. The highest BCUT2D eigenvalue weighted by atomic mass is 32.2. The van der Waals surface area contributed by atoms with Crippen molar-refractivity contribution in [2.75, 3.05) is 24.7 Å². The highest BCUT2D eigenvalue weighted by Crippen LogP contribution is 2.31. The van der Waals surface area contributed by atoms with Gasteiger partial charge in [0.2, 0.25) is 0 Å². The molecule has 1 fully saturated rings.